The van der Waals surface area contributed by atoms with Crippen LogP contribution in [-0.4, -0.2) is 48.8 Å². The maximum absolute atomic E-state index is 5.59. The molecule has 0 aromatic rings. The Hall–Kier alpha value is -0.120. The largest absolute Gasteiger partial charge is 0.378 e. The Bertz CT molecular complexity index is 242. The van der Waals surface area contributed by atoms with E-state index < -0.39 is 0 Å². The van der Waals surface area contributed by atoms with Crippen LogP contribution >= 0.6 is 0 Å². The standard InChI is InChI=1S/C13H24N2O/c1-10-8-11(5-7-16-10)14-12-4-6-15(9-12)13-2-3-13/h10-14H,2-9H2,1H3. The molecule has 3 atom stereocenters. The van der Waals surface area contributed by atoms with Gasteiger partial charge in [-0.3, -0.25) is 4.90 Å². The quantitative estimate of drug-likeness (QED) is 0.784. The molecular weight excluding hydrogens is 200 g/mol. The molecule has 3 heteroatoms. The lowest BCUT2D eigenvalue weighted by Gasteiger charge is -2.30. The topological polar surface area (TPSA) is 24.5 Å². The molecule has 3 aliphatic rings. The van der Waals surface area contributed by atoms with Crippen LogP contribution in [-0.2, 0) is 4.74 Å². The van der Waals surface area contributed by atoms with E-state index in [1.54, 1.807) is 0 Å². The third kappa shape index (κ3) is 2.58. The Kier molecular flexibility index (Phi) is 3.18. The number of hydrogen-bond donors (Lipinski definition) is 1. The Balaban J connectivity index is 1.44. The summed E-state index contributed by atoms with van der Waals surface area (Å²) in [5.74, 6) is 0. The van der Waals surface area contributed by atoms with Crippen molar-refractivity contribution in [2.45, 2.75) is 63.3 Å². The molecular formula is C13H24N2O. The van der Waals surface area contributed by atoms with Crippen LogP contribution in [0.1, 0.15) is 39.0 Å². The van der Waals surface area contributed by atoms with Crippen LogP contribution < -0.4 is 5.32 Å². The summed E-state index contributed by atoms with van der Waals surface area (Å²) in [5, 5.41) is 3.84. The summed E-state index contributed by atoms with van der Waals surface area (Å²) in [5.41, 5.74) is 0. The lowest BCUT2D eigenvalue weighted by atomic mass is 10.0. The molecule has 0 amide bonds. The Morgan fingerprint density at radius 2 is 2.00 bits per heavy atom. The van der Waals surface area contributed by atoms with E-state index in [2.05, 4.69) is 17.1 Å². The highest BCUT2D eigenvalue weighted by molar-refractivity contribution is 4.93. The molecule has 0 aromatic carbocycles. The zero-order valence-corrected chi connectivity index (χ0v) is 10.3. The number of rotatable bonds is 3. The third-order valence-corrected chi connectivity index (χ3v) is 4.24. The molecule has 3 unspecified atom stereocenters. The third-order valence-electron chi connectivity index (χ3n) is 4.24. The molecule has 0 radical (unpaired) electrons. The predicted molar refractivity (Wildman–Crippen MR) is 64.6 cm³/mol. The smallest absolute Gasteiger partial charge is 0.0561 e. The molecule has 16 heavy (non-hydrogen) atoms. The average Bonchev–Trinajstić information content (AvgIpc) is 3.01. The molecule has 1 N–H and O–H groups in total. The second kappa shape index (κ2) is 4.63. The van der Waals surface area contributed by atoms with Crippen molar-refractivity contribution in [2.75, 3.05) is 19.7 Å². The Morgan fingerprint density at radius 3 is 2.75 bits per heavy atom. The minimum Gasteiger partial charge on any atom is -0.378 e. The summed E-state index contributed by atoms with van der Waals surface area (Å²) in [7, 11) is 0. The first-order valence-corrected chi connectivity index (χ1v) is 6.93. The summed E-state index contributed by atoms with van der Waals surface area (Å²) in [4.78, 5) is 2.68. The average molecular weight is 224 g/mol. The summed E-state index contributed by atoms with van der Waals surface area (Å²) in [6.45, 7) is 5.74. The molecule has 2 heterocycles. The van der Waals surface area contributed by atoms with Crippen LogP contribution in [0.15, 0.2) is 0 Å². The fourth-order valence-corrected chi connectivity index (χ4v) is 3.18. The minimum atomic E-state index is 0.451. The van der Waals surface area contributed by atoms with Crippen molar-refractivity contribution in [3.8, 4) is 0 Å². The van der Waals surface area contributed by atoms with Crippen molar-refractivity contribution in [1.82, 2.24) is 10.2 Å². The van der Waals surface area contributed by atoms with Gasteiger partial charge in [-0.05, 0) is 39.0 Å². The van der Waals surface area contributed by atoms with E-state index in [0.717, 1.165) is 18.7 Å². The molecule has 2 saturated heterocycles. The molecule has 2 aliphatic heterocycles. The molecule has 3 nitrogen and oxygen atoms in total. The van der Waals surface area contributed by atoms with Crippen molar-refractivity contribution in [3.05, 3.63) is 0 Å². The van der Waals surface area contributed by atoms with Gasteiger partial charge in [-0.25, -0.2) is 0 Å². The van der Waals surface area contributed by atoms with E-state index in [-0.39, 0.29) is 0 Å². The second-order valence-corrected chi connectivity index (χ2v) is 5.78. The van der Waals surface area contributed by atoms with Crippen LogP contribution in [0.25, 0.3) is 0 Å². The maximum Gasteiger partial charge on any atom is 0.0561 e. The van der Waals surface area contributed by atoms with Crippen LogP contribution in [0, 0.1) is 0 Å². The lowest BCUT2D eigenvalue weighted by Crippen LogP contribution is -2.44. The number of nitrogens with zero attached hydrogens (tertiary/aromatic N) is 1. The fourth-order valence-electron chi connectivity index (χ4n) is 3.18. The molecule has 92 valence electrons. The van der Waals surface area contributed by atoms with Gasteiger partial charge in [-0.2, -0.15) is 0 Å². The molecule has 3 rings (SSSR count). The monoisotopic (exact) mass is 224 g/mol. The number of likely N-dealkylation sites (tertiary alicyclic amines) is 1. The van der Waals surface area contributed by atoms with Crippen molar-refractivity contribution < 1.29 is 4.74 Å². The van der Waals surface area contributed by atoms with Crippen LogP contribution in [0.4, 0.5) is 0 Å². The maximum atomic E-state index is 5.59. The molecule has 0 aromatic heterocycles. The summed E-state index contributed by atoms with van der Waals surface area (Å²) < 4.78 is 5.59. The van der Waals surface area contributed by atoms with Gasteiger partial charge in [-0.1, -0.05) is 0 Å². The van der Waals surface area contributed by atoms with E-state index in [1.165, 1.54) is 45.2 Å². The first-order valence-electron chi connectivity index (χ1n) is 6.93. The van der Waals surface area contributed by atoms with Gasteiger partial charge in [0.1, 0.15) is 0 Å². The second-order valence-electron chi connectivity index (χ2n) is 5.78. The van der Waals surface area contributed by atoms with Crippen LogP contribution in [0.2, 0.25) is 0 Å². The first kappa shape index (κ1) is 11.0. The van der Waals surface area contributed by atoms with E-state index >= 15 is 0 Å². The lowest BCUT2D eigenvalue weighted by molar-refractivity contribution is 0.0114. The Morgan fingerprint density at radius 1 is 1.12 bits per heavy atom. The van der Waals surface area contributed by atoms with Gasteiger partial charge in [0.2, 0.25) is 0 Å². The van der Waals surface area contributed by atoms with Crippen molar-refractivity contribution in [2.24, 2.45) is 0 Å². The van der Waals surface area contributed by atoms with Gasteiger partial charge in [0.15, 0.2) is 0 Å². The molecule has 0 bridgehead atoms. The highest BCUT2D eigenvalue weighted by atomic mass is 16.5. The highest BCUT2D eigenvalue weighted by Gasteiger charge is 2.35. The zero-order chi connectivity index (χ0) is 11.0. The SMILES string of the molecule is CC1CC(NC2CCN(C3CC3)C2)CCO1. The summed E-state index contributed by atoms with van der Waals surface area (Å²) >= 11 is 0. The zero-order valence-electron chi connectivity index (χ0n) is 10.3. The number of nitrogens with one attached hydrogen (secondary N) is 1. The molecule has 1 saturated carbocycles. The summed E-state index contributed by atoms with van der Waals surface area (Å²) in [6.07, 6.45) is 7.08. The highest BCUT2D eigenvalue weighted by Crippen LogP contribution is 2.30. The van der Waals surface area contributed by atoms with Gasteiger partial charge >= 0.3 is 0 Å². The summed E-state index contributed by atoms with van der Waals surface area (Å²) in [6, 6.07) is 2.39. The predicted octanol–water partition coefficient (Wildman–Crippen LogP) is 1.38. The van der Waals surface area contributed by atoms with Gasteiger partial charge in [0.05, 0.1) is 6.10 Å². The number of ether oxygens (including phenoxy) is 1. The first-order chi connectivity index (χ1) is 7.81. The van der Waals surface area contributed by atoms with Gasteiger partial charge in [-0.15, -0.1) is 0 Å². The fraction of sp³-hybridized carbons (Fsp3) is 1.00. The number of hydrogen-bond acceptors (Lipinski definition) is 3. The van der Waals surface area contributed by atoms with E-state index in [0.29, 0.717) is 12.1 Å². The molecule has 0 spiro atoms. The van der Waals surface area contributed by atoms with E-state index in [4.69, 9.17) is 4.74 Å². The molecule has 1 aliphatic carbocycles. The van der Waals surface area contributed by atoms with Gasteiger partial charge in [0.25, 0.3) is 0 Å². The van der Waals surface area contributed by atoms with Gasteiger partial charge < -0.3 is 10.1 Å². The Labute approximate surface area is 98.5 Å². The minimum absolute atomic E-state index is 0.451. The normalized spacial score (nSPS) is 41.4. The van der Waals surface area contributed by atoms with Crippen LogP contribution in [0.5, 0.6) is 0 Å². The van der Waals surface area contributed by atoms with E-state index in [9.17, 15) is 0 Å². The van der Waals surface area contributed by atoms with Gasteiger partial charge in [0, 0.05) is 37.8 Å². The van der Waals surface area contributed by atoms with E-state index in [1.807, 2.05) is 0 Å². The molecule has 3 fully saturated rings. The van der Waals surface area contributed by atoms with Crippen molar-refractivity contribution in [3.63, 3.8) is 0 Å². The van der Waals surface area contributed by atoms with Crippen LogP contribution in [0.3, 0.4) is 0 Å². The van der Waals surface area contributed by atoms with Crippen molar-refractivity contribution >= 4 is 0 Å². The van der Waals surface area contributed by atoms with Crippen molar-refractivity contribution in [1.29, 1.82) is 0 Å².